The first-order chi connectivity index (χ1) is 12.1. The second-order valence-corrected chi connectivity index (χ2v) is 5.78. The zero-order valence-corrected chi connectivity index (χ0v) is 15.8. The van der Waals surface area contributed by atoms with E-state index in [-0.39, 0.29) is 24.3 Å². The first-order valence-corrected chi connectivity index (χ1v) is 8.51. The van der Waals surface area contributed by atoms with E-state index in [2.05, 4.69) is 4.90 Å². The fourth-order valence-electron chi connectivity index (χ4n) is 3.06. The summed E-state index contributed by atoms with van der Waals surface area (Å²) in [5, 5.41) is 0. The smallest absolute Gasteiger partial charge is 0.339 e. The number of hydrogen-bond acceptors (Lipinski definition) is 5. The van der Waals surface area contributed by atoms with Gasteiger partial charge in [-0.1, -0.05) is 18.2 Å². The number of benzene rings is 1. The van der Waals surface area contributed by atoms with Crippen LogP contribution in [-0.4, -0.2) is 36.3 Å². The van der Waals surface area contributed by atoms with Crippen LogP contribution < -0.4 is 4.90 Å². The molecule has 26 heavy (non-hydrogen) atoms. The Balaban J connectivity index is 0.00000243. The quantitative estimate of drug-likeness (QED) is 0.720. The van der Waals surface area contributed by atoms with Crippen LogP contribution in [0, 0.1) is 0 Å². The van der Waals surface area contributed by atoms with E-state index in [1.165, 1.54) is 0 Å². The van der Waals surface area contributed by atoms with E-state index in [0.717, 1.165) is 16.9 Å². The molecule has 1 aromatic carbocycles. The zero-order valence-electron chi connectivity index (χ0n) is 14.9. The molecule has 1 aliphatic heterocycles. The summed E-state index contributed by atoms with van der Waals surface area (Å²) >= 11 is 0. The van der Waals surface area contributed by atoms with Crippen LogP contribution in [0.4, 0.5) is 5.69 Å². The first-order valence-electron chi connectivity index (χ1n) is 8.51. The van der Waals surface area contributed by atoms with Crippen LogP contribution in [0.2, 0.25) is 0 Å². The van der Waals surface area contributed by atoms with Crippen LogP contribution in [0.15, 0.2) is 36.5 Å². The number of ether oxygens (including phenoxy) is 2. The third-order valence-corrected chi connectivity index (χ3v) is 4.14. The Bertz CT molecular complexity index is 788. The molecule has 0 amide bonds. The highest BCUT2D eigenvalue weighted by Gasteiger charge is 2.24. The molecular weight excluding hydrogens is 356 g/mol. The molecular formula is C19H23ClN2O4. The van der Waals surface area contributed by atoms with E-state index in [9.17, 15) is 9.59 Å². The van der Waals surface area contributed by atoms with Gasteiger partial charge in [0.15, 0.2) is 0 Å². The summed E-state index contributed by atoms with van der Waals surface area (Å²) in [4.78, 5) is 25.8. The van der Waals surface area contributed by atoms with Crippen LogP contribution in [0.1, 0.15) is 30.6 Å². The predicted molar refractivity (Wildman–Crippen MR) is 102 cm³/mol. The summed E-state index contributed by atoms with van der Waals surface area (Å²) < 4.78 is 12.1. The van der Waals surface area contributed by atoms with Gasteiger partial charge in [-0.05, 0) is 26.0 Å². The van der Waals surface area contributed by atoms with Crippen molar-refractivity contribution in [1.82, 2.24) is 4.57 Å². The molecule has 0 atom stereocenters. The van der Waals surface area contributed by atoms with Gasteiger partial charge in [-0.2, -0.15) is 0 Å². The molecule has 6 nitrogen and oxygen atoms in total. The molecule has 3 rings (SSSR count). The van der Waals surface area contributed by atoms with Crippen molar-refractivity contribution in [3.8, 4) is 11.3 Å². The fourth-order valence-corrected chi connectivity index (χ4v) is 3.06. The number of nitrogens with zero attached hydrogens (tertiary/aromatic N) is 2. The molecule has 0 spiro atoms. The average molecular weight is 379 g/mol. The van der Waals surface area contributed by atoms with Gasteiger partial charge in [0.1, 0.15) is 0 Å². The second-order valence-electron chi connectivity index (χ2n) is 5.78. The fraction of sp³-hybridized carbons (Fsp3) is 0.368. The van der Waals surface area contributed by atoms with E-state index in [1.54, 1.807) is 20.0 Å². The molecule has 140 valence electrons. The Labute approximate surface area is 159 Å². The van der Waals surface area contributed by atoms with Crippen molar-refractivity contribution >= 4 is 30.0 Å². The Morgan fingerprint density at radius 3 is 2.58 bits per heavy atom. The molecule has 0 saturated carbocycles. The number of anilines is 1. The van der Waals surface area contributed by atoms with Crippen molar-refractivity contribution < 1.29 is 19.1 Å². The van der Waals surface area contributed by atoms with Crippen molar-refractivity contribution in [3.63, 3.8) is 0 Å². The number of halogens is 1. The lowest BCUT2D eigenvalue weighted by Gasteiger charge is -2.32. The summed E-state index contributed by atoms with van der Waals surface area (Å²) in [6.07, 6.45) is 2.13. The van der Waals surface area contributed by atoms with Gasteiger partial charge in [-0.3, -0.25) is 4.79 Å². The van der Waals surface area contributed by atoms with Gasteiger partial charge in [0.25, 0.3) is 0 Å². The molecule has 1 aromatic heterocycles. The highest BCUT2D eigenvalue weighted by molar-refractivity contribution is 5.92. The van der Waals surface area contributed by atoms with E-state index in [1.807, 2.05) is 34.9 Å². The highest BCUT2D eigenvalue weighted by atomic mass is 35.5. The van der Waals surface area contributed by atoms with Crippen molar-refractivity contribution in [2.24, 2.45) is 0 Å². The molecule has 2 heterocycles. The normalized spacial score (nSPS) is 11.8. The molecule has 0 aliphatic carbocycles. The monoisotopic (exact) mass is 378 g/mol. The van der Waals surface area contributed by atoms with Crippen LogP contribution in [0.25, 0.3) is 11.3 Å². The Morgan fingerprint density at radius 2 is 1.85 bits per heavy atom. The minimum atomic E-state index is -0.319. The van der Waals surface area contributed by atoms with Gasteiger partial charge in [0.2, 0.25) is 0 Å². The van der Waals surface area contributed by atoms with Crippen LogP contribution in [-0.2, 0) is 20.9 Å². The van der Waals surface area contributed by atoms with Crippen molar-refractivity contribution in [2.75, 3.05) is 24.7 Å². The number of aromatic nitrogens is 1. The van der Waals surface area contributed by atoms with Crippen molar-refractivity contribution in [3.05, 3.63) is 42.1 Å². The number of rotatable bonds is 6. The van der Waals surface area contributed by atoms with E-state index >= 15 is 0 Å². The van der Waals surface area contributed by atoms with Gasteiger partial charge in [0.05, 0.1) is 37.6 Å². The maximum atomic E-state index is 12.0. The minimum Gasteiger partial charge on any atom is -0.466 e. The van der Waals surface area contributed by atoms with Crippen LogP contribution in [0.3, 0.4) is 0 Å². The Morgan fingerprint density at radius 1 is 1.12 bits per heavy atom. The highest BCUT2D eigenvalue weighted by Crippen LogP contribution is 2.36. The molecule has 0 radical (unpaired) electrons. The average Bonchev–Trinajstić information content (AvgIpc) is 3.04. The van der Waals surface area contributed by atoms with Crippen molar-refractivity contribution in [1.29, 1.82) is 0 Å². The Kier molecular flexibility index (Phi) is 6.69. The number of carbonyl (C=O) groups excluding carboxylic acids is 2. The largest absolute Gasteiger partial charge is 0.466 e. The third-order valence-electron chi connectivity index (χ3n) is 4.14. The van der Waals surface area contributed by atoms with Gasteiger partial charge in [-0.15, -0.1) is 12.4 Å². The van der Waals surface area contributed by atoms with Gasteiger partial charge < -0.3 is 18.9 Å². The van der Waals surface area contributed by atoms with Crippen molar-refractivity contribution in [2.45, 2.75) is 26.9 Å². The number of esters is 2. The molecule has 7 heteroatoms. The van der Waals surface area contributed by atoms with Gasteiger partial charge in [0, 0.05) is 24.0 Å². The Hall–Kier alpha value is -2.47. The third kappa shape index (κ3) is 4.02. The van der Waals surface area contributed by atoms with Gasteiger partial charge in [-0.25, -0.2) is 4.79 Å². The van der Waals surface area contributed by atoms with Gasteiger partial charge >= 0.3 is 11.9 Å². The summed E-state index contributed by atoms with van der Waals surface area (Å²) in [6.45, 7) is 5.46. The number of para-hydroxylation sites is 1. The molecule has 0 fully saturated rings. The topological polar surface area (TPSA) is 60.8 Å². The first kappa shape index (κ1) is 19.8. The minimum absolute atomic E-state index is 0. The summed E-state index contributed by atoms with van der Waals surface area (Å²) in [6, 6.07) is 9.85. The zero-order chi connectivity index (χ0) is 17.8. The second kappa shape index (κ2) is 8.76. The molecule has 0 bridgehead atoms. The lowest BCUT2D eigenvalue weighted by molar-refractivity contribution is -0.142. The molecule has 2 aromatic rings. The lowest BCUT2D eigenvalue weighted by Crippen LogP contribution is -2.32. The number of fused-ring (bicyclic) bond motifs is 3. The van der Waals surface area contributed by atoms with E-state index < -0.39 is 0 Å². The SMILES string of the molecule is CCOC(=O)CCN1Cn2cc(C(=O)OCC)cc2-c2ccccc21.Cl. The molecule has 0 N–H and O–H groups in total. The van der Waals surface area contributed by atoms with Crippen LogP contribution >= 0.6 is 12.4 Å². The van der Waals surface area contributed by atoms with E-state index in [4.69, 9.17) is 9.47 Å². The van der Waals surface area contributed by atoms with Crippen LogP contribution in [0.5, 0.6) is 0 Å². The number of carbonyl (C=O) groups is 2. The molecule has 0 saturated heterocycles. The molecule has 0 unspecified atom stereocenters. The number of hydrogen-bond donors (Lipinski definition) is 0. The lowest BCUT2D eigenvalue weighted by atomic mass is 10.1. The summed E-state index contributed by atoms with van der Waals surface area (Å²) in [5.41, 5.74) is 3.60. The summed E-state index contributed by atoms with van der Waals surface area (Å²) in [7, 11) is 0. The van der Waals surface area contributed by atoms with E-state index in [0.29, 0.717) is 38.4 Å². The predicted octanol–water partition coefficient (Wildman–Crippen LogP) is 3.48. The maximum Gasteiger partial charge on any atom is 0.339 e. The standard InChI is InChI=1S/C19H22N2O4.ClH/c1-3-24-18(22)9-10-20-13-21-12-14(19(23)25-4-2)11-17(21)15-7-5-6-8-16(15)20;/h5-8,11-12H,3-4,9-10,13H2,1-2H3;1H. The summed E-state index contributed by atoms with van der Waals surface area (Å²) in [5.74, 6) is -0.523. The maximum absolute atomic E-state index is 12.0. The molecule has 1 aliphatic rings.